The van der Waals surface area contributed by atoms with E-state index in [1.807, 2.05) is 6.07 Å². The van der Waals surface area contributed by atoms with Crippen LogP contribution in [0.3, 0.4) is 0 Å². The Morgan fingerprint density at radius 1 is 1.59 bits per heavy atom. The van der Waals surface area contributed by atoms with Crippen molar-refractivity contribution >= 4 is 11.8 Å². The number of anilines is 1. The van der Waals surface area contributed by atoms with Crippen LogP contribution in [0.2, 0.25) is 0 Å². The SMILES string of the molecule is N#C[C@@]1(n2ccc(N)nc2=O)CC(COC(=O)[C@@H](N)CCCN)=C(O)C1O. The summed E-state index contributed by atoms with van der Waals surface area (Å²) in [5.74, 6) is -1.28. The molecule has 1 aliphatic rings. The van der Waals surface area contributed by atoms with E-state index in [0.29, 0.717) is 19.4 Å². The summed E-state index contributed by atoms with van der Waals surface area (Å²) in [6.07, 6.45) is 0.158. The molecule has 0 spiro atoms. The van der Waals surface area contributed by atoms with Gasteiger partial charge in [0.1, 0.15) is 30.3 Å². The number of aliphatic hydroxyl groups is 2. The second-order valence-electron chi connectivity index (χ2n) is 6.25. The summed E-state index contributed by atoms with van der Waals surface area (Å²) in [5, 5.41) is 30.2. The van der Waals surface area contributed by atoms with Crippen LogP contribution in [0.25, 0.3) is 0 Å². The summed E-state index contributed by atoms with van der Waals surface area (Å²) in [6, 6.07) is 2.28. The molecule has 1 unspecified atom stereocenters. The van der Waals surface area contributed by atoms with Crippen LogP contribution in [-0.2, 0) is 15.1 Å². The zero-order valence-corrected chi connectivity index (χ0v) is 14.5. The van der Waals surface area contributed by atoms with Crippen LogP contribution in [0, 0.1) is 11.3 Å². The maximum atomic E-state index is 12.1. The Balaban J connectivity index is 2.18. The molecule has 2 rings (SSSR count). The second kappa shape index (κ2) is 8.17. The van der Waals surface area contributed by atoms with Gasteiger partial charge in [-0.05, 0) is 25.5 Å². The lowest BCUT2D eigenvalue weighted by Gasteiger charge is -2.27. The van der Waals surface area contributed by atoms with Crippen LogP contribution in [0.5, 0.6) is 0 Å². The number of aromatic nitrogens is 2. The predicted molar refractivity (Wildman–Crippen MR) is 94.0 cm³/mol. The Kier molecular flexibility index (Phi) is 6.17. The van der Waals surface area contributed by atoms with E-state index in [-0.39, 0.29) is 24.4 Å². The number of nitriles is 1. The Morgan fingerprint density at radius 2 is 2.30 bits per heavy atom. The number of hydrogen-bond donors (Lipinski definition) is 5. The van der Waals surface area contributed by atoms with Crippen molar-refractivity contribution in [3.05, 3.63) is 34.1 Å². The summed E-state index contributed by atoms with van der Waals surface area (Å²) in [6.45, 7) is 0.00676. The van der Waals surface area contributed by atoms with E-state index < -0.39 is 35.1 Å². The lowest BCUT2D eigenvalue weighted by Crippen LogP contribution is -2.47. The van der Waals surface area contributed by atoms with Crippen LogP contribution in [0.4, 0.5) is 5.82 Å². The first-order valence-electron chi connectivity index (χ1n) is 8.25. The summed E-state index contributed by atoms with van der Waals surface area (Å²) < 4.78 is 5.96. The molecular weight excluding hydrogens is 356 g/mol. The van der Waals surface area contributed by atoms with E-state index >= 15 is 0 Å². The highest BCUT2D eigenvalue weighted by Gasteiger charge is 2.50. The standard InChI is InChI=1S/C16H22N6O5/c17-4-1-2-10(19)14(25)27-7-9-6-16(8-18,13(24)12(9)23)22-5-3-11(20)21-15(22)26/h3,5,10,13,23-24H,1-2,4,6-7,17,19H2,(H2,20,21,26)/t10-,13?,16-/m0/s1. The van der Waals surface area contributed by atoms with E-state index in [1.54, 1.807) is 0 Å². The van der Waals surface area contributed by atoms with Crippen molar-refractivity contribution in [1.82, 2.24) is 9.55 Å². The molecule has 0 radical (unpaired) electrons. The Morgan fingerprint density at radius 3 is 2.89 bits per heavy atom. The van der Waals surface area contributed by atoms with Gasteiger partial charge in [-0.3, -0.25) is 9.36 Å². The molecular formula is C16H22N6O5. The van der Waals surface area contributed by atoms with Gasteiger partial charge in [-0.15, -0.1) is 0 Å². The molecule has 8 N–H and O–H groups in total. The molecule has 3 atom stereocenters. The predicted octanol–water partition coefficient (Wildman–Crippen LogP) is -1.77. The summed E-state index contributed by atoms with van der Waals surface area (Å²) >= 11 is 0. The van der Waals surface area contributed by atoms with Gasteiger partial charge < -0.3 is 32.2 Å². The first-order chi connectivity index (χ1) is 12.8. The van der Waals surface area contributed by atoms with Crippen molar-refractivity contribution in [2.45, 2.75) is 36.9 Å². The van der Waals surface area contributed by atoms with Crippen LogP contribution in [0.15, 0.2) is 28.4 Å². The molecule has 1 aromatic heterocycles. The molecule has 1 aromatic rings. The molecule has 11 nitrogen and oxygen atoms in total. The van der Waals surface area contributed by atoms with Gasteiger partial charge in [-0.25, -0.2) is 4.79 Å². The third-order valence-electron chi connectivity index (χ3n) is 4.42. The maximum absolute atomic E-state index is 12.1. The first-order valence-corrected chi connectivity index (χ1v) is 8.25. The van der Waals surface area contributed by atoms with Crippen molar-refractivity contribution in [2.75, 3.05) is 18.9 Å². The summed E-state index contributed by atoms with van der Waals surface area (Å²) in [7, 11) is 0. The summed E-state index contributed by atoms with van der Waals surface area (Å²) in [5.41, 5.74) is 13.9. The van der Waals surface area contributed by atoms with Gasteiger partial charge in [0.05, 0.1) is 6.07 Å². The van der Waals surface area contributed by atoms with E-state index in [1.165, 1.54) is 12.3 Å². The molecule has 27 heavy (non-hydrogen) atoms. The zero-order chi connectivity index (χ0) is 20.2. The zero-order valence-electron chi connectivity index (χ0n) is 14.5. The molecule has 0 amide bonds. The Labute approximate surface area is 154 Å². The monoisotopic (exact) mass is 378 g/mol. The fraction of sp³-hybridized carbons (Fsp3) is 0.500. The minimum absolute atomic E-state index is 0.0466. The number of ether oxygens (including phenoxy) is 1. The minimum Gasteiger partial charge on any atom is -0.509 e. The number of aliphatic hydroxyl groups excluding tert-OH is 2. The number of hydrogen-bond acceptors (Lipinski definition) is 10. The maximum Gasteiger partial charge on any atom is 0.350 e. The van der Waals surface area contributed by atoms with Crippen molar-refractivity contribution in [3.63, 3.8) is 0 Å². The van der Waals surface area contributed by atoms with E-state index in [9.17, 15) is 25.1 Å². The van der Waals surface area contributed by atoms with Crippen molar-refractivity contribution in [3.8, 4) is 6.07 Å². The topological polar surface area (TPSA) is 204 Å². The number of nitrogens with two attached hydrogens (primary N) is 3. The third-order valence-corrected chi connectivity index (χ3v) is 4.42. The van der Waals surface area contributed by atoms with Gasteiger partial charge >= 0.3 is 11.7 Å². The Hall–Kier alpha value is -2.94. The average Bonchev–Trinajstić information content (AvgIpc) is 2.89. The lowest BCUT2D eigenvalue weighted by molar-refractivity contribution is -0.144. The minimum atomic E-state index is -1.83. The normalized spacial score (nSPS) is 23.1. The first kappa shape index (κ1) is 20.4. The highest BCUT2D eigenvalue weighted by atomic mass is 16.5. The third kappa shape index (κ3) is 3.92. The largest absolute Gasteiger partial charge is 0.509 e. The van der Waals surface area contributed by atoms with Gasteiger partial charge in [0.15, 0.2) is 5.54 Å². The van der Waals surface area contributed by atoms with Gasteiger partial charge in [0.25, 0.3) is 0 Å². The van der Waals surface area contributed by atoms with Crippen molar-refractivity contribution in [2.24, 2.45) is 11.5 Å². The van der Waals surface area contributed by atoms with Crippen LogP contribution >= 0.6 is 0 Å². The quantitative estimate of drug-likeness (QED) is 0.338. The lowest BCUT2D eigenvalue weighted by atomic mass is 9.94. The number of nitrogen functional groups attached to an aromatic ring is 1. The molecule has 0 saturated heterocycles. The number of esters is 1. The highest BCUT2D eigenvalue weighted by Crippen LogP contribution is 2.39. The number of nitrogens with zero attached hydrogens (tertiary/aromatic N) is 3. The fourth-order valence-corrected chi connectivity index (χ4v) is 2.87. The van der Waals surface area contributed by atoms with Crippen LogP contribution in [0.1, 0.15) is 19.3 Å². The number of rotatable bonds is 7. The molecule has 0 bridgehead atoms. The van der Waals surface area contributed by atoms with Gasteiger partial charge in [0, 0.05) is 18.2 Å². The highest BCUT2D eigenvalue weighted by molar-refractivity contribution is 5.75. The number of carbonyl (C=O) groups is 1. The van der Waals surface area contributed by atoms with Crippen LogP contribution in [-0.4, -0.2) is 51.0 Å². The molecule has 0 aromatic carbocycles. The van der Waals surface area contributed by atoms with E-state index in [0.717, 1.165) is 4.57 Å². The molecule has 0 aliphatic heterocycles. The molecule has 0 fully saturated rings. The Bertz CT molecular complexity index is 844. The van der Waals surface area contributed by atoms with E-state index in [2.05, 4.69) is 4.98 Å². The number of carbonyl (C=O) groups excluding carboxylic acids is 1. The molecule has 146 valence electrons. The van der Waals surface area contributed by atoms with Gasteiger partial charge in [-0.1, -0.05) is 0 Å². The van der Waals surface area contributed by atoms with E-state index in [4.69, 9.17) is 21.9 Å². The average molecular weight is 378 g/mol. The molecule has 1 heterocycles. The smallest absolute Gasteiger partial charge is 0.350 e. The molecule has 0 saturated carbocycles. The van der Waals surface area contributed by atoms with Gasteiger partial charge in [-0.2, -0.15) is 10.2 Å². The van der Waals surface area contributed by atoms with Gasteiger partial charge in [0.2, 0.25) is 0 Å². The van der Waals surface area contributed by atoms with Crippen molar-refractivity contribution < 1.29 is 19.7 Å². The fourth-order valence-electron chi connectivity index (χ4n) is 2.87. The molecule has 11 heteroatoms. The second-order valence-corrected chi connectivity index (χ2v) is 6.25. The van der Waals surface area contributed by atoms with Crippen molar-refractivity contribution in [1.29, 1.82) is 5.26 Å². The summed E-state index contributed by atoms with van der Waals surface area (Å²) in [4.78, 5) is 27.5. The molecule has 1 aliphatic carbocycles. The van der Waals surface area contributed by atoms with Crippen LogP contribution < -0.4 is 22.9 Å².